The van der Waals surface area contributed by atoms with Gasteiger partial charge in [-0.05, 0) is 26.0 Å². The van der Waals surface area contributed by atoms with E-state index in [4.69, 9.17) is 4.74 Å². The number of methoxy groups -OCH3 is 1. The van der Waals surface area contributed by atoms with Crippen molar-refractivity contribution in [3.63, 3.8) is 0 Å². The number of carbonyl (C=O) groups excluding carboxylic acids is 1. The highest BCUT2D eigenvalue weighted by molar-refractivity contribution is 5.60. The molecule has 0 aliphatic rings. The highest BCUT2D eigenvalue weighted by atomic mass is 16.7. The zero-order valence-electron chi connectivity index (χ0n) is 7.46. The van der Waals surface area contributed by atoms with Crippen LogP contribution in [0, 0.1) is 11.8 Å². The van der Waals surface area contributed by atoms with Crippen LogP contribution >= 0.6 is 0 Å². The molecule has 0 aromatic carbocycles. The SMILES string of the molecule is CC#C/C=C\C(C)OC(=O)OC. The summed E-state index contributed by atoms with van der Waals surface area (Å²) < 4.78 is 9.03. The maximum Gasteiger partial charge on any atom is 0.508 e. The first-order chi connectivity index (χ1) is 5.70. The average Bonchev–Trinajstić information content (AvgIpc) is 2.05. The summed E-state index contributed by atoms with van der Waals surface area (Å²) in [7, 11) is 1.27. The Labute approximate surface area is 72.4 Å². The lowest BCUT2D eigenvalue weighted by molar-refractivity contribution is 0.0579. The Bertz CT molecular complexity index is 220. The topological polar surface area (TPSA) is 35.5 Å². The van der Waals surface area contributed by atoms with Gasteiger partial charge in [-0.3, -0.25) is 0 Å². The highest BCUT2D eigenvalue weighted by Crippen LogP contribution is 1.94. The lowest BCUT2D eigenvalue weighted by Crippen LogP contribution is -2.11. The van der Waals surface area contributed by atoms with E-state index in [2.05, 4.69) is 16.6 Å². The number of allylic oxidation sites excluding steroid dienone is 1. The minimum Gasteiger partial charge on any atom is -0.438 e. The van der Waals surface area contributed by atoms with Crippen LogP contribution < -0.4 is 0 Å². The van der Waals surface area contributed by atoms with E-state index in [0.29, 0.717) is 0 Å². The van der Waals surface area contributed by atoms with Crippen molar-refractivity contribution in [3.05, 3.63) is 12.2 Å². The molecular weight excluding hydrogens is 156 g/mol. The second kappa shape index (κ2) is 6.29. The second-order valence-corrected chi connectivity index (χ2v) is 2.03. The van der Waals surface area contributed by atoms with Crippen molar-refractivity contribution >= 4 is 6.16 Å². The molecule has 0 saturated heterocycles. The summed E-state index contributed by atoms with van der Waals surface area (Å²) >= 11 is 0. The van der Waals surface area contributed by atoms with Gasteiger partial charge in [-0.15, -0.1) is 5.92 Å². The van der Waals surface area contributed by atoms with E-state index >= 15 is 0 Å². The van der Waals surface area contributed by atoms with Gasteiger partial charge in [0.1, 0.15) is 6.10 Å². The minimum atomic E-state index is -0.684. The van der Waals surface area contributed by atoms with Crippen LogP contribution in [0.5, 0.6) is 0 Å². The smallest absolute Gasteiger partial charge is 0.438 e. The zero-order valence-corrected chi connectivity index (χ0v) is 7.46. The van der Waals surface area contributed by atoms with Gasteiger partial charge < -0.3 is 9.47 Å². The molecule has 0 amide bonds. The first-order valence-corrected chi connectivity index (χ1v) is 3.54. The first-order valence-electron chi connectivity index (χ1n) is 3.54. The molecule has 12 heavy (non-hydrogen) atoms. The lowest BCUT2D eigenvalue weighted by Gasteiger charge is -2.05. The van der Waals surface area contributed by atoms with E-state index in [1.54, 1.807) is 26.0 Å². The normalized spacial score (nSPS) is 11.6. The molecule has 3 heteroatoms. The predicted octanol–water partition coefficient (Wildman–Crippen LogP) is 1.74. The van der Waals surface area contributed by atoms with Gasteiger partial charge in [-0.2, -0.15) is 0 Å². The van der Waals surface area contributed by atoms with E-state index < -0.39 is 6.16 Å². The van der Waals surface area contributed by atoms with Crippen LogP contribution in [0.1, 0.15) is 13.8 Å². The Kier molecular flexibility index (Phi) is 5.54. The summed E-state index contributed by atoms with van der Waals surface area (Å²) in [6.45, 7) is 3.46. The van der Waals surface area contributed by atoms with Gasteiger partial charge in [0, 0.05) is 0 Å². The molecule has 0 N–H and O–H groups in total. The molecule has 0 aliphatic heterocycles. The quantitative estimate of drug-likeness (QED) is 0.465. The molecule has 66 valence electrons. The van der Waals surface area contributed by atoms with Gasteiger partial charge in [-0.25, -0.2) is 4.79 Å². The van der Waals surface area contributed by atoms with Crippen LogP contribution in [0.25, 0.3) is 0 Å². The molecule has 0 spiro atoms. The van der Waals surface area contributed by atoms with Crippen molar-refractivity contribution < 1.29 is 14.3 Å². The molecule has 0 radical (unpaired) electrons. The molecule has 0 aromatic heterocycles. The van der Waals surface area contributed by atoms with Crippen LogP contribution in [-0.2, 0) is 9.47 Å². The third-order valence-corrected chi connectivity index (χ3v) is 1.04. The van der Waals surface area contributed by atoms with Crippen LogP contribution in [0.4, 0.5) is 4.79 Å². The van der Waals surface area contributed by atoms with E-state index in [9.17, 15) is 4.79 Å². The molecule has 0 fully saturated rings. The molecule has 0 aliphatic carbocycles. The summed E-state index contributed by atoms with van der Waals surface area (Å²) in [6, 6.07) is 0. The number of ether oxygens (including phenoxy) is 2. The van der Waals surface area contributed by atoms with E-state index in [-0.39, 0.29) is 6.10 Å². The van der Waals surface area contributed by atoms with E-state index in [0.717, 1.165) is 0 Å². The second-order valence-electron chi connectivity index (χ2n) is 2.03. The van der Waals surface area contributed by atoms with Crippen molar-refractivity contribution in [2.75, 3.05) is 7.11 Å². The van der Waals surface area contributed by atoms with Crippen molar-refractivity contribution in [3.8, 4) is 11.8 Å². The molecule has 0 saturated carbocycles. The molecule has 0 aromatic rings. The van der Waals surface area contributed by atoms with E-state index in [1.165, 1.54) is 7.11 Å². The zero-order chi connectivity index (χ0) is 9.40. The summed E-state index contributed by atoms with van der Waals surface area (Å²) in [5.74, 6) is 5.39. The van der Waals surface area contributed by atoms with Crippen LogP contribution in [0.2, 0.25) is 0 Å². The van der Waals surface area contributed by atoms with Gasteiger partial charge >= 0.3 is 6.16 Å². The Morgan fingerprint density at radius 1 is 1.58 bits per heavy atom. The fourth-order valence-corrected chi connectivity index (χ4v) is 0.506. The predicted molar refractivity (Wildman–Crippen MR) is 45.5 cm³/mol. The monoisotopic (exact) mass is 168 g/mol. The van der Waals surface area contributed by atoms with Gasteiger partial charge in [0.05, 0.1) is 7.11 Å². The number of rotatable bonds is 2. The van der Waals surface area contributed by atoms with Crippen molar-refractivity contribution in [1.29, 1.82) is 0 Å². The largest absolute Gasteiger partial charge is 0.508 e. The van der Waals surface area contributed by atoms with Crippen molar-refractivity contribution in [2.24, 2.45) is 0 Å². The van der Waals surface area contributed by atoms with Gasteiger partial charge in [0.15, 0.2) is 0 Å². The Morgan fingerprint density at radius 3 is 2.75 bits per heavy atom. The molecule has 0 bridgehead atoms. The highest BCUT2D eigenvalue weighted by Gasteiger charge is 2.03. The van der Waals surface area contributed by atoms with Crippen LogP contribution in [-0.4, -0.2) is 19.4 Å². The van der Waals surface area contributed by atoms with Crippen LogP contribution in [0.15, 0.2) is 12.2 Å². The van der Waals surface area contributed by atoms with Gasteiger partial charge in [0.2, 0.25) is 0 Å². The molecule has 1 unspecified atom stereocenters. The summed E-state index contributed by atoms with van der Waals surface area (Å²) in [6.07, 6.45) is 2.32. The lowest BCUT2D eigenvalue weighted by atomic mass is 10.3. The van der Waals surface area contributed by atoms with Crippen molar-refractivity contribution in [2.45, 2.75) is 20.0 Å². The third kappa shape index (κ3) is 5.36. The average molecular weight is 168 g/mol. The maximum absolute atomic E-state index is 10.5. The van der Waals surface area contributed by atoms with Crippen molar-refractivity contribution in [1.82, 2.24) is 0 Å². The Hall–Kier alpha value is -1.43. The molecular formula is C9H12O3. The Morgan fingerprint density at radius 2 is 2.25 bits per heavy atom. The number of hydrogen-bond acceptors (Lipinski definition) is 3. The summed E-state index contributed by atoms with van der Waals surface area (Å²) in [4.78, 5) is 10.5. The number of hydrogen-bond donors (Lipinski definition) is 0. The van der Waals surface area contributed by atoms with Gasteiger partial charge in [0.25, 0.3) is 0 Å². The summed E-state index contributed by atoms with van der Waals surface area (Å²) in [5, 5.41) is 0. The standard InChI is InChI=1S/C9H12O3/c1-4-5-6-7-8(2)12-9(10)11-3/h6-8H,1-3H3/b7-6-. The molecule has 0 heterocycles. The molecule has 3 nitrogen and oxygen atoms in total. The molecule has 0 rings (SSSR count). The number of carbonyl (C=O) groups is 1. The fraction of sp³-hybridized carbons (Fsp3) is 0.444. The minimum absolute atomic E-state index is 0.307. The van der Waals surface area contributed by atoms with Gasteiger partial charge in [-0.1, -0.05) is 5.92 Å². The Balaban J connectivity index is 3.78. The first kappa shape index (κ1) is 10.6. The summed E-state index contributed by atoms with van der Waals surface area (Å²) in [5.41, 5.74) is 0. The third-order valence-electron chi connectivity index (χ3n) is 1.04. The maximum atomic E-state index is 10.5. The van der Waals surface area contributed by atoms with Crippen LogP contribution in [0.3, 0.4) is 0 Å². The fourth-order valence-electron chi connectivity index (χ4n) is 0.506. The van der Waals surface area contributed by atoms with E-state index in [1.807, 2.05) is 0 Å². The molecule has 1 atom stereocenters.